The molecular formula is C17H14ClN3OS. The summed E-state index contributed by atoms with van der Waals surface area (Å²) in [5.74, 6) is 0.548. The van der Waals surface area contributed by atoms with Crippen LogP contribution < -0.4 is 5.32 Å². The van der Waals surface area contributed by atoms with Crippen LogP contribution in [0.15, 0.2) is 41.1 Å². The first-order chi connectivity index (χ1) is 11.0. The molecule has 0 saturated carbocycles. The van der Waals surface area contributed by atoms with Crippen LogP contribution in [0, 0.1) is 11.3 Å². The minimum Gasteiger partial charge on any atom is -0.384 e. The summed E-state index contributed by atoms with van der Waals surface area (Å²) >= 11 is 7.52. The molecule has 2 N–H and O–H groups in total. The predicted octanol–water partition coefficient (Wildman–Crippen LogP) is 4.14. The van der Waals surface area contributed by atoms with E-state index in [-0.39, 0.29) is 0 Å². The highest BCUT2D eigenvalue weighted by atomic mass is 35.5. The topological polar surface area (TPSA) is 68.9 Å². The Hall–Kier alpha value is -2.13. The number of benzene rings is 1. The lowest BCUT2D eigenvalue weighted by molar-refractivity contribution is 0.0719. The van der Waals surface area contributed by atoms with Gasteiger partial charge in [0.15, 0.2) is 0 Å². The van der Waals surface area contributed by atoms with Gasteiger partial charge in [-0.2, -0.15) is 16.6 Å². The van der Waals surface area contributed by atoms with Gasteiger partial charge >= 0.3 is 0 Å². The molecule has 2 heterocycles. The molecule has 1 atom stereocenters. The van der Waals surface area contributed by atoms with Crippen molar-refractivity contribution in [1.29, 1.82) is 5.26 Å². The van der Waals surface area contributed by atoms with Gasteiger partial charge in [-0.1, -0.05) is 11.6 Å². The number of nitrogens with zero attached hydrogens (tertiary/aromatic N) is 2. The molecule has 0 bridgehead atoms. The van der Waals surface area contributed by atoms with E-state index in [2.05, 4.69) is 16.4 Å². The molecule has 116 valence electrons. The van der Waals surface area contributed by atoms with Crippen molar-refractivity contribution in [1.82, 2.24) is 4.98 Å². The first-order valence-corrected chi connectivity index (χ1v) is 8.31. The summed E-state index contributed by atoms with van der Waals surface area (Å²) in [5, 5.41) is 28.1. The third-order valence-electron chi connectivity index (χ3n) is 3.65. The summed E-state index contributed by atoms with van der Waals surface area (Å²) in [5.41, 5.74) is 1.02. The van der Waals surface area contributed by atoms with Gasteiger partial charge in [-0.15, -0.1) is 0 Å². The summed E-state index contributed by atoms with van der Waals surface area (Å²) < 4.78 is 0. The largest absolute Gasteiger partial charge is 0.384 e. The van der Waals surface area contributed by atoms with E-state index in [1.54, 1.807) is 31.2 Å². The van der Waals surface area contributed by atoms with Crippen molar-refractivity contribution in [2.75, 3.05) is 11.9 Å². The smallest absolute Gasteiger partial charge is 0.128 e. The van der Waals surface area contributed by atoms with Crippen molar-refractivity contribution in [3.05, 3.63) is 57.2 Å². The maximum Gasteiger partial charge on any atom is 0.128 e. The van der Waals surface area contributed by atoms with Crippen molar-refractivity contribution in [3.63, 3.8) is 0 Å². The quantitative estimate of drug-likeness (QED) is 0.747. The Bertz CT molecular complexity index is 885. The van der Waals surface area contributed by atoms with Crippen molar-refractivity contribution in [2.24, 2.45) is 0 Å². The Kier molecular flexibility index (Phi) is 4.22. The van der Waals surface area contributed by atoms with Crippen LogP contribution in [0.5, 0.6) is 0 Å². The molecule has 0 aliphatic carbocycles. The van der Waals surface area contributed by atoms with Gasteiger partial charge in [0.05, 0.1) is 17.1 Å². The molecule has 23 heavy (non-hydrogen) atoms. The molecule has 2 aromatic heterocycles. The van der Waals surface area contributed by atoms with Crippen LogP contribution in [-0.2, 0) is 5.60 Å². The Morgan fingerprint density at radius 1 is 1.39 bits per heavy atom. The number of aliphatic hydroxyl groups is 1. The van der Waals surface area contributed by atoms with E-state index in [1.807, 2.05) is 16.8 Å². The Labute approximate surface area is 143 Å². The zero-order valence-corrected chi connectivity index (χ0v) is 13.9. The SMILES string of the molecule is CC(O)(CNc1cc(C#N)c2cc(Cl)ccc2n1)c1ccsc1. The molecule has 6 heteroatoms. The van der Waals surface area contributed by atoms with Crippen LogP contribution in [0.2, 0.25) is 5.02 Å². The highest BCUT2D eigenvalue weighted by Crippen LogP contribution is 2.26. The van der Waals surface area contributed by atoms with Crippen LogP contribution in [0.3, 0.4) is 0 Å². The summed E-state index contributed by atoms with van der Waals surface area (Å²) in [6.07, 6.45) is 0. The lowest BCUT2D eigenvalue weighted by Crippen LogP contribution is -2.30. The van der Waals surface area contributed by atoms with E-state index < -0.39 is 5.60 Å². The number of halogens is 1. The molecule has 1 aromatic carbocycles. The highest BCUT2D eigenvalue weighted by Gasteiger charge is 2.23. The molecule has 0 spiro atoms. The van der Waals surface area contributed by atoms with E-state index in [1.165, 1.54) is 11.3 Å². The monoisotopic (exact) mass is 343 g/mol. The number of nitriles is 1. The average Bonchev–Trinajstić information content (AvgIpc) is 3.08. The number of thiophene rings is 1. The molecule has 0 aliphatic rings. The molecule has 4 nitrogen and oxygen atoms in total. The normalized spacial score (nSPS) is 13.5. The lowest BCUT2D eigenvalue weighted by Gasteiger charge is -2.23. The standard InChI is InChI=1S/C17H14ClN3OS/c1-17(22,12-4-5-23-9-12)10-20-16-6-11(8-19)14-7-13(18)2-3-15(14)21-16/h2-7,9,22H,10H2,1H3,(H,20,21). The number of fused-ring (bicyclic) bond motifs is 1. The fourth-order valence-electron chi connectivity index (χ4n) is 2.32. The number of anilines is 1. The molecule has 3 aromatic rings. The number of hydrogen-bond acceptors (Lipinski definition) is 5. The second-order valence-corrected chi connectivity index (χ2v) is 6.68. The predicted molar refractivity (Wildman–Crippen MR) is 93.8 cm³/mol. The molecule has 1 unspecified atom stereocenters. The van der Waals surface area contributed by atoms with Gasteiger partial charge in [-0.25, -0.2) is 4.98 Å². The number of nitrogens with one attached hydrogen (secondary N) is 1. The maximum atomic E-state index is 10.5. The van der Waals surface area contributed by atoms with E-state index in [9.17, 15) is 10.4 Å². The highest BCUT2D eigenvalue weighted by molar-refractivity contribution is 7.08. The van der Waals surface area contributed by atoms with E-state index in [0.717, 1.165) is 10.9 Å². The van der Waals surface area contributed by atoms with Crippen LogP contribution >= 0.6 is 22.9 Å². The zero-order chi connectivity index (χ0) is 16.4. The molecule has 0 fully saturated rings. The van der Waals surface area contributed by atoms with Gasteiger partial charge < -0.3 is 10.4 Å². The van der Waals surface area contributed by atoms with Gasteiger partial charge in [0.1, 0.15) is 11.4 Å². The van der Waals surface area contributed by atoms with Gasteiger partial charge in [-0.3, -0.25) is 0 Å². The summed E-state index contributed by atoms with van der Waals surface area (Å²) in [6.45, 7) is 2.04. The first-order valence-electron chi connectivity index (χ1n) is 6.99. The molecule has 0 aliphatic heterocycles. The second kappa shape index (κ2) is 6.17. The number of hydrogen-bond donors (Lipinski definition) is 2. The molecule has 0 saturated heterocycles. The summed E-state index contributed by atoms with van der Waals surface area (Å²) in [7, 11) is 0. The van der Waals surface area contributed by atoms with E-state index >= 15 is 0 Å². The van der Waals surface area contributed by atoms with Crippen LogP contribution in [-0.4, -0.2) is 16.6 Å². The molecular weight excluding hydrogens is 330 g/mol. The number of aromatic nitrogens is 1. The van der Waals surface area contributed by atoms with Crippen LogP contribution in [0.25, 0.3) is 10.9 Å². The Balaban J connectivity index is 1.89. The van der Waals surface area contributed by atoms with Crippen molar-refractivity contribution in [3.8, 4) is 6.07 Å². The second-order valence-electron chi connectivity index (χ2n) is 5.47. The molecule has 3 rings (SSSR count). The van der Waals surface area contributed by atoms with E-state index in [4.69, 9.17) is 11.6 Å². The van der Waals surface area contributed by atoms with Gasteiger partial charge in [0.2, 0.25) is 0 Å². The lowest BCUT2D eigenvalue weighted by atomic mass is 9.99. The summed E-state index contributed by atoms with van der Waals surface area (Å²) in [4.78, 5) is 4.48. The minimum absolute atomic E-state index is 0.292. The van der Waals surface area contributed by atoms with Gasteiger partial charge in [0, 0.05) is 17.0 Å². The molecule has 0 radical (unpaired) electrons. The fraction of sp³-hybridized carbons (Fsp3) is 0.176. The van der Waals surface area contributed by atoms with Crippen LogP contribution in [0.4, 0.5) is 5.82 Å². The Morgan fingerprint density at radius 2 is 2.22 bits per heavy atom. The van der Waals surface area contributed by atoms with E-state index in [0.29, 0.717) is 28.5 Å². The minimum atomic E-state index is -1.01. The molecule has 0 amide bonds. The third-order valence-corrected chi connectivity index (χ3v) is 4.57. The van der Waals surface area contributed by atoms with Crippen molar-refractivity contribution < 1.29 is 5.11 Å². The number of rotatable bonds is 4. The van der Waals surface area contributed by atoms with Crippen molar-refractivity contribution in [2.45, 2.75) is 12.5 Å². The zero-order valence-electron chi connectivity index (χ0n) is 12.4. The van der Waals surface area contributed by atoms with Crippen molar-refractivity contribution >= 4 is 39.7 Å². The Morgan fingerprint density at radius 3 is 2.91 bits per heavy atom. The first kappa shape index (κ1) is 15.8. The van der Waals surface area contributed by atoms with Crippen LogP contribution in [0.1, 0.15) is 18.1 Å². The fourth-order valence-corrected chi connectivity index (χ4v) is 3.27. The van der Waals surface area contributed by atoms with Gasteiger partial charge in [-0.05, 0) is 53.6 Å². The summed E-state index contributed by atoms with van der Waals surface area (Å²) in [6, 6.07) is 11.0. The number of pyridine rings is 1. The third kappa shape index (κ3) is 3.30. The van der Waals surface area contributed by atoms with Gasteiger partial charge in [0.25, 0.3) is 0 Å². The average molecular weight is 344 g/mol. The maximum absolute atomic E-state index is 10.5.